The number of aromatic carboxylic acids is 1. The summed E-state index contributed by atoms with van der Waals surface area (Å²) in [6, 6.07) is 0. The third kappa shape index (κ3) is 2.29. The first-order valence-corrected chi connectivity index (χ1v) is 4.86. The van der Waals surface area contributed by atoms with Crippen molar-refractivity contribution in [2.24, 2.45) is 0 Å². The lowest BCUT2D eigenvalue weighted by molar-refractivity contribution is 0.0686. The van der Waals surface area contributed by atoms with Gasteiger partial charge in [-0.2, -0.15) is 0 Å². The van der Waals surface area contributed by atoms with Crippen LogP contribution in [0, 0.1) is 0 Å². The van der Waals surface area contributed by atoms with Crippen molar-refractivity contribution in [1.82, 2.24) is 9.97 Å². The van der Waals surface area contributed by atoms with Crippen LogP contribution in [-0.4, -0.2) is 33.1 Å². The van der Waals surface area contributed by atoms with Gasteiger partial charge in [-0.3, -0.25) is 4.79 Å². The molecule has 0 fully saturated rings. The quantitative estimate of drug-likeness (QED) is 0.457. The van der Waals surface area contributed by atoms with E-state index in [-0.39, 0.29) is 11.3 Å². The Balaban J connectivity index is 3.13. The normalized spacial score (nSPS) is 9.79. The van der Waals surface area contributed by atoms with Gasteiger partial charge < -0.3 is 5.11 Å². The van der Waals surface area contributed by atoms with Crippen molar-refractivity contribution in [3.63, 3.8) is 0 Å². The third-order valence-electron chi connectivity index (χ3n) is 1.40. The Morgan fingerprint density at radius 1 is 1.71 bits per heavy atom. The van der Waals surface area contributed by atoms with Gasteiger partial charge >= 0.3 is 5.97 Å². The highest BCUT2D eigenvalue weighted by Gasteiger charge is 2.13. The van der Waals surface area contributed by atoms with E-state index in [0.717, 1.165) is 5.75 Å². The fourth-order valence-electron chi connectivity index (χ4n) is 0.831. The molecule has 14 heavy (non-hydrogen) atoms. The molecule has 1 aromatic heterocycles. The largest absolute Gasteiger partial charge is 0.476 e. The van der Waals surface area contributed by atoms with Gasteiger partial charge in [0.25, 0.3) is 0 Å². The minimum atomic E-state index is -1.22. The van der Waals surface area contributed by atoms with Gasteiger partial charge in [0.05, 0.1) is 5.56 Å². The van der Waals surface area contributed by atoms with Crippen molar-refractivity contribution in [2.75, 3.05) is 5.75 Å². The van der Waals surface area contributed by atoms with E-state index < -0.39 is 5.97 Å². The lowest BCUT2D eigenvalue weighted by Gasteiger charge is -2.00. The Hall–Kier alpha value is -1.43. The molecule has 0 radical (unpaired) electrons. The molecule has 5 nitrogen and oxygen atoms in total. The van der Waals surface area contributed by atoms with Crippen molar-refractivity contribution < 1.29 is 14.7 Å². The summed E-state index contributed by atoms with van der Waals surface area (Å²) >= 11 is 1.32. The van der Waals surface area contributed by atoms with Crippen LogP contribution in [0.2, 0.25) is 0 Å². The summed E-state index contributed by atoms with van der Waals surface area (Å²) in [5.74, 6) is -0.466. The highest BCUT2D eigenvalue weighted by Crippen LogP contribution is 2.13. The molecule has 1 heterocycles. The summed E-state index contributed by atoms with van der Waals surface area (Å²) in [6.45, 7) is 1.90. The monoisotopic (exact) mass is 212 g/mol. The first-order chi connectivity index (χ1) is 6.69. The molecule has 0 aromatic carbocycles. The summed E-state index contributed by atoms with van der Waals surface area (Å²) in [5.41, 5.74) is -0.246. The molecule has 1 rings (SSSR count). The smallest absolute Gasteiger partial charge is 0.355 e. The van der Waals surface area contributed by atoms with E-state index in [1.807, 2.05) is 6.92 Å². The molecule has 1 aromatic rings. The van der Waals surface area contributed by atoms with Crippen molar-refractivity contribution in [3.05, 3.63) is 17.5 Å². The average molecular weight is 212 g/mol. The highest BCUT2D eigenvalue weighted by molar-refractivity contribution is 7.99. The summed E-state index contributed by atoms with van der Waals surface area (Å²) in [4.78, 5) is 28.7. The number of carboxylic acids is 1. The van der Waals surface area contributed by atoms with E-state index in [4.69, 9.17) is 5.11 Å². The van der Waals surface area contributed by atoms with Gasteiger partial charge in [-0.1, -0.05) is 18.7 Å². The summed E-state index contributed by atoms with van der Waals surface area (Å²) in [7, 11) is 0. The summed E-state index contributed by atoms with van der Waals surface area (Å²) in [6.07, 6.45) is 1.66. The third-order valence-corrected chi connectivity index (χ3v) is 2.14. The number of carbonyl (C=O) groups excluding carboxylic acids is 1. The van der Waals surface area contributed by atoms with Crippen LogP contribution < -0.4 is 0 Å². The summed E-state index contributed by atoms with van der Waals surface area (Å²) < 4.78 is 0. The van der Waals surface area contributed by atoms with Crippen LogP contribution in [0.4, 0.5) is 0 Å². The standard InChI is InChI=1S/C8H8N2O3S/c1-2-14-8-9-3-5(4-11)6(10-8)7(12)13/h3-4H,2H2,1H3,(H,12,13). The van der Waals surface area contributed by atoms with Gasteiger partial charge in [0, 0.05) is 6.20 Å². The molecule has 0 unspecified atom stereocenters. The van der Waals surface area contributed by atoms with Crippen LogP contribution >= 0.6 is 11.8 Å². The van der Waals surface area contributed by atoms with E-state index >= 15 is 0 Å². The molecule has 6 heteroatoms. The number of aromatic nitrogens is 2. The van der Waals surface area contributed by atoms with E-state index in [9.17, 15) is 9.59 Å². The Kier molecular flexibility index (Phi) is 3.58. The second-order valence-corrected chi connectivity index (χ2v) is 3.54. The van der Waals surface area contributed by atoms with Gasteiger partial charge in [0.1, 0.15) is 0 Å². The number of nitrogens with zero attached hydrogens (tertiary/aromatic N) is 2. The maximum atomic E-state index is 10.7. The van der Waals surface area contributed by atoms with Crippen molar-refractivity contribution in [1.29, 1.82) is 0 Å². The van der Waals surface area contributed by atoms with Gasteiger partial charge in [0.2, 0.25) is 0 Å². The zero-order valence-corrected chi connectivity index (χ0v) is 8.24. The fraction of sp³-hybridized carbons (Fsp3) is 0.250. The fourth-order valence-corrected chi connectivity index (χ4v) is 1.37. The Morgan fingerprint density at radius 2 is 2.43 bits per heavy atom. The lowest BCUT2D eigenvalue weighted by atomic mass is 10.2. The van der Waals surface area contributed by atoms with Crippen molar-refractivity contribution >= 4 is 24.0 Å². The van der Waals surface area contributed by atoms with Gasteiger partial charge in [-0.25, -0.2) is 14.8 Å². The zero-order valence-electron chi connectivity index (χ0n) is 7.43. The molecule has 0 amide bonds. The molecule has 0 bridgehead atoms. The maximum Gasteiger partial charge on any atom is 0.355 e. The summed E-state index contributed by atoms with van der Waals surface area (Å²) in [5, 5.41) is 9.10. The first kappa shape index (κ1) is 10.6. The average Bonchev–Trinajstić information content (AvgIpc) is 2.18. The second-order valence-electron chi connectivity index (χ2n) is 2.31. The second kappa shape index (κ2) is 4.71. The lowest BCUT2D eigenvalue weighted by Crippen LogP contribution is -2.07. The van der Waals surface area contributed by atoms with Gasteiger partial charge in [-0.05, 0) is 5.75 Å². The number of hydrogen-bond donors (Lipinski definition) is 1. The predicted molar refractivity (Wildman–Crippen MR) is 50.8 cm³/mol. The molecule has 0 saturated carbocycles. The molecular weight excluding hydrogens is 204 g/mol. The minimum absolute atomic E-state index is 0.00190. The molecule has 1 N–H and O–H groups in total. The van der Waals surface area contributed by atoms with Gasteiger partial charge in [0.15, 0.2) is 17.1 Å². The van der Waals surface area contributed by atoms with E-state index in [0.29, 0.717) is 11.4 Å². The van der Waals surface area contributed by atoms with Crippen LogP contribution in [0.25, 0.3) is 0 Å². The number of carboxylic acid groups (broad SMARTS) is 1. The maximum absolute atomic E-state index is 10.7. The highest BCUT2D eigenvalue weighted by atomic mass is 32.2. The van der Waals surface area contributed by atoms with Crippen LogP contribution in [0.5, 0.6) is 0 Å². The minimum Gasteiger partial charge on any atom is -0.476 e. The molecular formula is C8H8N2O3S. The van der Waals surface area contributed by atoms with Crippen molar-refractivity contribution in [2.45, 2.75) is 12.1 Å². The number of aldehydes is 1. The Bertz CT molecular complexity index is 368. The molecule has 0 atom stereocenters. The Morgan fingerprint density at radius 3 is 2.93 bits per heavy atom. The number of hydrogen-bond acceptors (Lipinski definition) is 5. The van der Waals surface area contributed by atoms with Crippen LogP contribution in [-0.2, 0) is 0 Å². The van der Waals surface area contributed by atoms with E-state index in [1.165, 1.54) is 18.0 Å². The van der Waals surface area contributed by atoms with E-state index in [1.54, 1.807) is 0 Å². The van der Waals surface area contributed by atoms with Crippen molar-refractivity contribution in [3.8, 4) is 0 Å². The van der Waals surface area contributed by atoms with Crippen LogP contribution in [0.3, 0.4) is 0 Å². The molecule has 0 saturated heterocycles. The number of rotatable bonds is 4. The zero-order chi connectivity index (χ0) is 10.6. The first-order valence-electron chi connectivity index (χ1n) is 3.87. The van der Waals surface area contributed by atoms with Gasteiger partial charge in [-0.15, -0.1) is 0 Å². The molecule has 0 aliphatic carbocycles. The van der Waals surface area contributed by atoms with Crippen LogP contribution in [0.1, 0.15) is 27.8 Å². The topological polar surface area (TPSA) is 80.2 Å². The molecule has 0 aliphatic rings. The molecule has 0 spiro atoms. The Labute approximate surface area is 84.6 Å². The number of carbonyl (C=O) groups is 2. The number of thioether (sulfide) groups is 1. The van der Waals surface area contributed by atoms with Crippen LogP contribution in [0.15, 0.2) is 11.4 Å². The predicted octanol–water partition coefficient (Wildman–Crippen LogP) is 1.10. The molecule has 0 aliphatic heterocycles. The SMILES string of the molecule is CCSc1ncc(C=O)c(C(=O)O)n1. The van der Waals surface area contributed by atoms with E-state index in [2.05, 4.69) is 9.97 Å². The molecule has 74 valence electrons.